The maximum atomic E-state index is 12.7. The van der Waals surface area contributed by atoms with Gasteiger partial charge in [0.2, 0.25) is 0 Å². The van der Waals surface area contributed by atoms with Crippen LogP contribution in [0, 0.1) is 5.41 Å². The number of rotatable bonds is 8. The minimum atomic E-state index is -0.0700. The molecule has 26 heavy (non-hydrogen) atoms. The lowest BCUT2D eigenvalue weighted by Crippen LogP contribution is -2.37. The predicted octanol–water partition coefficient (Wildman–Crippen LogP) is 3.60. The van der Waals surface area contributed by atoms with Gasteiger partial charge in [0.05, 0.1) is 11.6 Å². The number of carbonyl (C=O) groups excluding carboxylic acids is 1. The summed E-state index contributed by atoms with van der Waals surface area (Å²) in [5.74, 6) is 0.582. The minimum Gasteiger partial charge on any atom is -0.489 e. The highest BCUT2D eigenvalue weighted by Gasteiger charge is 2.44. The first-order valence-electron chi connectivity index (χ1n) is 9.45. The fourth-order valence-electron chi connectivity index (χ4n) is 3.79. The van der Waals surface area contributed by atoms with Gasteiger partial charge in [-0.3, -0.25) is 4.79 Å². The summed E-state index contributed by atoms with van der Waals surface area (Å²) in [6.07, 6.45) is 8.32. The Morgan fingerprint density at radius 1 is 1.35 bits per heavy atom. The van der Waals surface area contributed by atoms with E-state index in [1.165, 1.54) is 38.8 Å². The number of ether oxygens (including phenoxy) is 1. The molecule has 0 unspecified atom stereocenters. The van der Waals surface area contributed by atoms with Crippen LogP contribution in [0.4, 0.5) is 0 Å². The summed E-state index contributed by atoms with van der Waals surface area (Å²) in [5, 5.41) is 4.00. The second-order valence-electron chi connectivity index (χ2n) is 7.57. The number of nitrogens with zero attached hydrogens (tertiary/aromatic N) is 1. The van der Waals surface area contributed by atoms with Crippen molar-refractivity contribution in [3.8, 4) is 5.75 Å². The lowest BCUT2D eigenvalue weighted by Gasteiger charge is -2.23. The Kier molecular flexibility index (Phi) is 4.72. The average Bonchev–Trinajstić information content (AvgIpc) is 3.02. The van der Waals surface area contributed by atoms with Crippen LogP contribution in [-0.4, -0.2) is 43.6 Å². The lowest BCUT2D eigenvalue weighted by molar-refractivity contribution is 0.0939. The molecule has 2 aromatic rings. The first kappa shape index (κ1) is 17.2. The Balaban J connectivity index is 1.43. The number of furan rings is 1. The number of nitrogens with one attached hydrogen (secondary N) is 1. The molecule has 1 N–H and O–H groups in total. The van der Waals surface area contributed by atoms with E-state index in [-0.39, 0.29) is 11.3 Å². The van der Waals surface area contributed by atoms with Crippen molar-refractivity contribution in [3.63, 3.8) is 0 Å². The fourth-order valence-corrected chi connectivity index (χ4v) is 3.79. The highest BCUT2D eigenvalue weighted by molar-refractivity contribution is 5.99. The second kappa shape index (κ2) is 7.16. The fraction of sp³-hybridized carbons (Fsp3) is 0.476. The van der Waals surface area contributed by atoms with Crippen LogP contribution in [0.5, 0.6) is 5.75 Å². The number of carbonyl (C=O) groups is 1. The third-order valence-electron chi connectivity index (χ3n) is 5.49. The number of amides is 1. The van der Waals surface area contributed by atoms with Gasteiger partial charge in [-0.1, -0.05) is 12.7 Å². The van der Waals surface area contributed by atoms with Crippen LogP contribution >= 0.6 is 0 Å². The van der Waals surface area contributed by atoms with Gasteiger partial charge >= 0.3 is 0 Å². The number of benzene rings is 1. The molecule has 0 bridgehead atoms. The number of hydrogen-bond acceptors (Lipinski definition) is 4. The van der Waals surface area contributed by atoms with Crippen molar-refractivity contribution in [2.45, 2.75) is 25.7 Å². The Bertz CT molecular complexity index is 801. The highest BCUT2D eigenvalue weighted by atomic mass is 16.5. The van der Waals surface area contributed by atoms with Crippen molar-refractivity contribution in [3.05, 3.63) is 42.7 Å². The molecule has 2 aliphatic rings. The normalized spacial score (nSPS) is 18.8. The molecule has 138 valence electrons. The van der Waals surface area contributed by atoms with Gasteiger partial charge in [-0.25, -0.2) is 0 Å². The third kappa shape index (κ3) is 3.63. The van der Waals surface area contributed by atoms with Gasteiger partial charge in [-0.05, 0) is 57.0 Å². The zero-order chi connectivity index (χ0) is 18.0. The zero-order valence-corrected chi connectivity index (χ0v) is 15.1. The van der Waals surface area contributed by atoms with E-state index in [1.54, 1.807) is 24.5 Å². The Labute approximate surface area is 154 Å². The summed E-state index contributed by atoms with van der Waals surface area (Å²) < 4.78 is 11.2. The van der Waals surface area contributed by atoms with Gasteiger partial charge in [0.1, 0.15) is 17.9 Å². The van der Waals surface area contributed by atoms with E-state index >= 15 is 0 Å². The molecular weight excluding hydrogens is 328 g/mol. The van der Waals surface area contributed by atoms with Gasteiger partial charge in [-0.15, -0.1) is 0 Å². The van der Waals surface area contributed by atoms with E-state index in [0.29, 0.717) is 23.5 Å². The van der Waals surface area contributed by atoms with Crippen LogP contribution in [0.2, 0.25) is 0 Å². The summed E-state index contributed by atoms with van der Waals surface area (Å²) in [5.41, 5.74) is 1.51. The predicted molar refractivity (Wildman–Crippen MR) is 102 cm³/mol. The van der Waals surface area contributed by atoms with E-state index in [1.807, 2.05) is 6.07 Å². The van der Waals surface area contributed by atoms with Crippen LogP contribution in [0.15, 0.2) is 41.5 Å². The smallest absolute Gasteiger partial charge is 0.251 e. The molecular formula is C21H26N2O3. The largest absolute Gasteiger partial charge is 0.489 e. The van der Waals surface area contributed by atoms with Gasteiger partial charge in [0.25, 0.3) is 5.91 Å². The standard InChI is InChI=1S/C21H26N2O3/c1-2-10-25-18-12-16(13-19-17(18)5-11-26-19)20(24)22-14-21(6-7-21)15-23-8-3-4-9-23/h2,5,11-13H,1,3-4,6-10,14-15H2,(H,22,24). The van der Waals surface area contributed by atoms with E-state index in [4.69, 9.17) is 9.15 Å². The molecule has 4 rings (SSSR count). The van der Waals surface area contributed by atoms with Crippen molar-refractivity contribution in [2.75, 3.05) is 32.8 Å². The van der Waals surface area contributed by atoms with Crippen LogP contribution in [0.25, 0.3) is 11.0 Å². The monoisotopic (exact) mass is 354 g/mol. The van der Waals surface area contributed by atoms with Crippen LogP contribution in [0.3, 0.4) is 0 Å². The Morgan fingerprint density at radius 2 is 2.15 bits per heavy atom. The molecule has 2 fully saturated rings. The summed E-state index contributed by atoms with van der Waals surface area (Å²) in [6, 6.07) is 5.42. The quantitative estimate of drug-likeness (QED) is 0.736. The SMILES string of the molecule is C=CCOc1cc(C(=O)NCC2(CN3CCCC3)CC2)cc2occc12. The minimum absolute atomic E-state index is 0.0700. The van der Waals surface area contributed by atoms with Gasteiger partial charge in [-0.2, -0.15) is 0 Å². The van der Waals surface area contributed by atoms with Gasteiger partial charge in [0.15, 0.2) is 0 Å². The maximum absolute atomic E-state index is 12.7. The first-order chi connectivity index (χ1) is 12.7. The highest BCUT2D eigenvalue weighted by Crippen LogP contribution is 2.46. The summed E-state index contributed by atoms with van der Waals surface area (Å²) >= 11 is 0. The van der Waals surface area contributed by atoms with E-state index in [9.17, 15) is 4.79 Å². The summed E-state index contributed by atoms with van der Waals surface area (Å²) in [4.78, 5) is 15.2. The molecule has 1 aromatic heterocycles. The topological polar surface area (TPSA) is 54.7 Å². The van der Waals surface area contributed by atoms with Crippen molar-refractivity contribution in [1.82, 2.24) is 10.2 Å². The van der Waals surface area contributed by atoms with Crippen molar-refractivity contribution < 1.29 is 13.9 Å². The number of fused-ring (bicyclic) bond motifs is 1. The summed E-state index contributed by atoms with van der Waals surface area (Å²) in [7, 11) is 0. The molecule has 1 saturated heterocycles. The molecule has 1 amide bonds. The van der Waals surface area contributed by atoms with Crippen LogP contribution < -0.4 is 10.1 Å². The molecule has 0 atom stereocenters. The van der Waals surface area contributed by atoms with Crippen molar-refractivity contribution in [1.29, 1.82) is 0 Å². The van der Waals surface area contributed by atoms with E-state index < -0.39 is 0 Å². The molecule has 0 radical (unpaired) electrons. The number of likely N-dealkylation sites (tertiary alicyclic amines) is 1. The van der Waals surface area contributed by atoms with E-state index in [0.717, 1.165) is 18.5 Å². The molecule has 0 spiro atoms. The third-order valence-corrected chi connectivity index (χ3v) is 5.49. The molecule has 1 aromatic carbocycles. The molecule has 1 aliphatic carbocycles. The number of hydrogen-bond donors (Lipinski definition) is 1. The lowest BCUT2D eigenvalue weighted by atomic mass is 10.1. The summed E-state index contributed by atoms with van der Waals surface area (Å²) in [6.45, 7) is 8.32. The average molecular weight is 354 g/mol. The molecule has 1 aliphatic heterocycles. The van der Waals surface area contributed by atoms with Crippen LogP contribution in [-0.2, 0) is 0 Å². The molecule has 5 nitrogen and oxygen atoms in total. The van der Waals surface area contributed by atoms with Crippen molar-refractivity contribution in [2.24, 2.45) is 5.41 Å². The Morgan fingerprint density at radius 3 is 2.88 bits per heavy atom. The molecule has 2 heterocycles. The Hall–Kier alpha value is -2.27. The van der Waals surface area contributed by atoms with Gasteiger partial charge < -0.3 is 19.4 Å². The molecule has 5 heteroatoms. The molecule has 1 saturated carbocycles. The maximum Gasteiger partial charge on any atom is 0.251 e. The van der Waals surface area contributed by atoms with Gasteiger partial charge in [0, 0.05) is 24.1 Å². The van der Waals surface area contributed by atoms with E-state index in [2.05, 4.69) is 16.8 Å². The zero-order valence-electron chi connectivity index (χ0n) is 15.1. The van der Waals surface area contributed by atoms with Crippen molar-refractivity contribution >= 4 is 16.9 Å². The van der Waals surface area contributed by atoms with Crippen LogP contribution in [0.1, 0.15) is 36.0 Å². The first-order valence-corrected chi connectivity index (χ1v) is 9.45. The second-order valence-corrected chi connectivity index (χ2v) is 7.57.